The number of aryl methyl sites for hydroxylation is 1. The lowest BCUT2D eigenvalue weighted by Gasteiger charge is -2.31. The summed E-state index contributed by atoms with van der Waals surface area (Å²) in [5.74, 6) is 0.841. The van der Waals surface area contributed by atoms with Crippen LogP contribution in [-0.2, 0) is 19.4 Å². The van der Waals surface area contributed by atoms with Crippen LogP contribution in [0.25, 0.3) is 5.00 Å². The van der Waals surface area contributed by atoms with Gasteiger partial charge in [0.25, 0.3) is 0 Å². The molecule has 0 radical (unpaired) electrons. The van der Waals surface area contributed by atoms with E-state index in [0.717, 1.165) is 40.4 Å². The van der Waals surface area contributed by atoms with Crippen LogP contribution in [0.1, 0.15) is 53.1 Å². The number of ether oxygens (including phenoxy) is 1. The van der Waals surface area contributed by atoms with Crippen LogP contribution in [0.3, 0.4) is 0 Å². The van der Waals surface area contributed by atoms with E-state index in [4.69, 9.17) is 4.74 Å². The molecule has 0 fully saturated rings. The molecule has 37 heavy (non-hydrogen) atoms. The van der Waals surface area contributed by atoms with Crippen LogP contribution in [0.2, 0.25) is 0 Å². The van der Waals surface area contributed by atoms with Crippen molar-refractivity contribution < 1.29 is 9.53 Å². The van der Waals surface area contributed by atoms with Gasteiger partial charge in [-0.25, -0.2) is 4.79 Å². The monoisotopic (exact) mass is 529 g/mol. The summed E-state index contributed by atoms with van der Waals surface area (Å²) in [4.78, 5) is 18.7. The maximum Gasteiger partial charge on any atom is 0.322 e. The average molecular weight is 530 g/mol. The van der Waals surface area contributed by atoms with Crippen molar-refractivity contribution in [3.05, 3.63) is 94.1 Å². The van der Waals surface area contributed by atoms with E-state index in [0.29, 0.717) is 13.2 Å². The van der Waals surface area contributed by atoms with Crippen LogP contribution < -0.4 is 10.1 Å². The first-order valence-electron chi connectivity index (χ1n) is 12.9. The number of amides is 2. The minimum atomic E-state index is -0.228. The van der Waals surface area contributed by atoms with Gasteiger partial charge in [0.2, 0.25) is 0 Å². The Bertz CT molecular complexity index is 1420. The zero-order chi connectivity index (χ0) is 25.4. The van der Waals surface area contributed by atoms with E-state index in [1.807, 2.05) is 59.7 Å². The van der Waals surface area contributed by atoms with Gasteiger partial charge in [0.1, 0.15) is 10.8 Å². The number of carbonyl (C=O) groups excluding carboxylic acids is 1. The fraction of sp³-hybridized carbons (Fsp3) is 0.300. The van der Waals surface area contributed by atoms with Crippen molar-refractivity contribution in [1.82, 2.24) is 9.47 Å². The largest absolute Gasteiger partial charge is 0.494 e. The summed E-state index contributed by atoms with van der Waals surface area (Å²) < 4.78 is 8.03. The molecular formula is C30H31N3O2S2. The number of carbonyl (C=O) groups is 1. The number of anilines is 1. The van der Waals surface area contributed by atoms with Crippen molar-refractivity contribution in [2.45, 2.75) is 50.1 Å². The smallest absolute Gasteiger partial charge is 0.322 e. The number of nitrogens with one attached hydrogen (secondary N) is 1. The summed E-state index contributed by atoms with van der Waals surface area (Å²) in [5.41, 5.74) is 5.75. The molecule has 2 amide bonds. The summed E-state index contributed by atoms with van der Waals surface area (Å²) in [6.45, 7) is 3.19. The molecule has 0 saturated heterocycles. The zero-order valence-corrected chi connectivity index (χ0v) is 22.8. The van der Waals surface area contributed by atoms with Crippen LogP contribution >= 0.6 is 23.1 Å². The van der Waals surface area contributed by atoms with Gasteiger partial charge in [-0.15, -0.1) is 23.1 Å². The highest BCUT2D eigenvalue weighted by Crippen LogP contribution is 2.44. The molecule has 5 nitrogen and oxygen atoms in total. The Morgan fingerprint density at radius 2 is 1.92 bits per heavy atom. The first kappa shape index (κ1) is 24.2. The number of thiophene rings is 1. The Morgan fingerprint density at radius 1 is 1.08 bits per heavy atom. The van der Waals surface area contributed by atoms with E-state index >= 15 is 0 Å². The molecule has 6 rings (SSSR count). The van der Waals surface area contributed by atoms with Crippen LogP contribution in [0.15, 0.2) is 71.8 Å². The van der Waals surface area contributed by atoms with Gasteiger partial charge in [0.15, 0.2) is 0 Å². The second-order valence-corrected chi connectivity index (χ2v) is 11.5. The third-order valence-corrected chi connectivity index (χ3v) is 9.33. The minimum absolute atomic E-state index is 0.0894. The minimum Gasteiger partial charge on any atom is -0.494 e. The van der Waals surface area contributed by atoms with Crippen molar-refractivity contribution in [3.8, 4) is 10.8 Å². The molecule has 7 heteroatoms. The van der Waals surface area contributed by atoms with Crippen molar-refractivity contribution in [1.29, 1.82) is 0 Å². The van der Waals surface area contributed by atoms with Crippen molar-refractivity contribution in [3.63, 3.8) is 0 Å². The predicted octanol–water partition coefficient (Wildman–Crippen LogP) is 7.68. The summed E-state index contributed by atoms with van der Waals surface area (Å²) in [5, 5.41) is 4.48. The Balaban J connectivity index is 1.46. The number of urea groups is 1. The van der Waals surface area contributed by atoms with Crippen LogP contribution in [0.4, 0.5) is 10.5 Å². The number of benzene rings is 2. The Hall–Kier alpha value is -3.16. The molecule has 2 aliphatic rings. The van der Waals surface area contributed by atoms with Crippen LogP contribution in [0, 0.1) is 0 Å². The maximum absolute atomic E-state index is 14.1. The standard InChI is InChI=1S/C30H31N3O2S2/c1-3-35-22-15-13-20(14-16-22)28-26-11-7-17-32(26)29-25(24-10-4-5-12-27(24)37-29)19-33(28)30(34)31-21-8-6-9-23(18-21)36-2/h6-9,11,13-18,28H,3-5,10,12,19H2,1-2H3,(H,31,34). The van der Waals surface area contributed by atoms with Gasteiger partial charge in [0, 0.05) is 27.2 Å². The molecule has 0 saturated carbocycles. The third-order valence-electron chi connectivity index (χ3n) is 7.27. The van der Waals surface area contributed by atoms with Gasteiger partial charge in [-0.1, -0.05) is 18.2 Å². The number of nitrogens with zero attached hydrogens (tertiary/aromatic N) is 2. The zero-order valence-electron chi connectivity index (χ0n) is 21.2. The maximum atomic E-state index is 14.1. The number of rotatable bonds is 5. The number of thioether (sulfide) groups is 1. The molecule has 3 heterocycles. The highest BCUT2D eigenvalue weighted by molar-refractivity contribution is 7.98. The Labute approximate surface area is 226 Å². The molecule has 0 bridgehead atoms. The fourth-order valence-electron chi connectivity index (χ4n) is 5.55. The number of hydrogen-bond donors (Lipinski definition) is 1. The average Bonchev–Trinajstić information content (AvgIpc) is 3.51. The van der Waals surface area contributed by atoms with Gasteiger partial charge in [-0.2, -0.15) is 0 Å². The quantitative estimate of drug-likeness (QED) is 0.270. The molecule has 1 N–H and O–H groups in total. The first-order valence-corrected chi connectivity index (χ1v) is 15.0. The molecular weight excluding hydrogens is 498 g/mol. The van der Waals surface area contributed by atoms with Crippen LogP contribution in [-0.4, -0.2) is 28.4 Å². The third kappa shape index (κ3) is 4.55. The Morgan fingerprint density at radius 3 is 2.73 bits per heavy atom. The molecule has 1 aliphatic carbocycles. The van der Waals surface area contributed by atoms with E-state index < -0.39 is 0 Å². The predicted molar refractivity (Wildman–Crippen MR) is 153 cm³/mol. The molecule has 4 aromatic rings. The Kier molecular flexibility index (Phi) is 6.74. The number of hydrogen-bond acceptors (Lipinski definition) is 4. The summed E-state index contributed by atoms with van der Waals surface area (Å²) >= 11 is 3.58. The van der Waals surface area contributed by atoms with Gasteiger partial charge in [-0.3, -0.25) is 0 Å². The van der Waals surface area contributed by atoms with E-state index in [2.05, 4.69) is 46.4 Å². The lowest BCUT2D eigenvalue weighted by Crippen LogP contribution is -2.38. The summed E-state index contributed by atoms with van der Waals surface area (Å²) in [7, 11) is 0. The highest BCUT2D eigenvalue weighted by atomic mass is 32.2. The van der Waals surface area contributed by atoms with E-state index in [9.17, 15) is 4.79 Å². The fourth-order valence-corrected chi connectivity index (χ4v) is 7.41. The molecule has 2 aromatic heterocycles. The highest BCUT2D eigenvalue weighted by Gasteiger charge is 2.36. The number of fused-ring (bicyclic) bond motifs is 5. The van der Waals surface area contributed by atoms with Crippen molar-refractivity contribution in [2.75, 3.05) is 18.2 Å². The molecule has 1 aliphatic heterocycles. The first-order chi connectivity index (χ1) is 18.2. The van der Waals surface area contributed by atoms with E-state index in [-0.39, 0.29) is 12.1 Å². The van der Waals surface area contributed by atoms with E-state index in [1.165, 1.54) is 33.8 Å². The SMILES string of the molecule is CCOc1ccc(C2c3cccn3-c3sc4c(c3CN2C(=O)Nc2cccc(SC)c2)CCCC4)cc1. The van der Waals surface area contributed by atoms with E-state index in [1.54, 1.807) is 11.8 Å². The van der Waals surface area contributed by atoms with Crippen molar-refractivity contribution in [2.24, 2.45) is 0 Å². The van der Waals surface area contributed by atoms with Gasteiger partial charge in [-0.05, 0) is 92.5 Å². The summed E-state index contributed by atoms with van der Waals surface area (Å²) in [6, 6.07) is 20.2. The molecule has 0 spiro atoms. The number of aromatic nitrogens is 1. The lowest BCUT2D eigenvalue weighted by molar-refractivity contribution is 0.194. The topological polar surface area (TPSA) is 46.5 Å². The van der Waals surface area contributed by atoms with Gasteiger partial charge >= 0.3 is 6.03 Å². The summed E-state index contributed by atoms with van der Waals surface area (Å²) in [6.07, 6.45) is 8.89. The molecule has 190 valence electrons. The normalized spacial score (nSPS) is 16.4. The van der Waals surface area contributed by atoms with Gasteiger partial charge in [0.05, 0.1) is 24.9 Å². The lowest BCUT2D eigenvalue weighted by atomic mass is 9.95. The van der Waals surface area contributed by atoms with Gasteiger partial charge < -0.3 is 19.5 Å². The molecule has 1 unspecified atom stereocenters. The molecule has 2 aromatic carbocycles. The second kappa shape index (κ2) is 10.3. The van der Waals surface area contributed by atoms with Crippen molar-refractivity contribution >= 4 is 34.8 Å². The second-order valence-electron chi connectivity index (χ2n) is 9.49. The van der Waals surface area contributed by atoms with Crippen LogP contribution in [0.5, 0.6) is 5.75 Å². The molecule has 1 atom stereocenters.